The largest absolute Gasteiger partial charge is 0.385 e. The molecular weight excluding hydrogens is 270 g/mol. The van der Waals surface area contributed by atoms with Crippen molar-refractivity contribution in [2.75, 3.05) is 11.9 Å². The molecule has 8 heteroatoms. The van der Waals surface area contributed by atoms with Crippen LogP contribution in [-0.2, 0) is 10.0 Å². The molecular formula is C11H15N3O4S. The Balaban J connectivity index is 2.40. The van der Waals surface area contributed by atoms with Crippen molar-refractivity contribution in [3.63, 3.8) is 0 Å². The van der Waals surface area contributed by atoms with Gasteiger partial charge in [0.1, 0.15) is 0 Å². The van der Waals surface area contributed by atoms with Crippen molar-refractivity contribution in [1.82, 2.24) is 4.72 Å². The van der Waals surface area contributed by atoms with E-state index in [0.29, 0.717) is 12.2 Å². The number of sulfonamides is 1. The van der Waals surface area contributed by atoms with Crippen molar-refractivity contribution < 1.29 is 13.3 Å². The lowest BCUT2D eigenvalue weighted by molar-refractivity contribution is -0.387. The summed E-state index contributed by atoms with van der Waals surface area (Å²) in [5, 5.41) is 13.9. The van der Waals surface area contributed by atoms with Gasteiger partial charge in [0.25, 0.3) is 5.69 Å². The lowest BCUT2D eigenvalue weighted by Gasteiger charge is -2.08. The second-order valence-corrected chi connectivity index (χ2v) is 6.05. The molecule has 1 fully saturated rings. The summed E-state index contributed by atoms with van der Waals surface area (Å²) < 4.78 is 26.5. The number of benzene rings is 1. The molecule has 0 aliphatic heterocycles. The van der Waals surface area contributed by atoms with Crippen LogP contribution in [0, 0.1) is 10.1 Å². The Hall–Kier alpha value is -1.67. The Labute approximate surface area is 111 Å². The van der Waals surface area contributed by atoms with E-state index < -0.39 is 20.6 Å². The first-order chi connectivity index (χ1) is 8.94. The molecule has 1 aliphatic rings. The Morgan fingerprint density at radius 3 is 2.63 bits per heavy atom. The number of hydrogen-bond acceptors (Lipinski definition) is 5. The monoisotopic (exact) mass is 285 g/mol. The van der Waals surface area contributed by atoms with Crippen molar-refractivity contribution in [1.29, 1.82) is 0 Å². The van der Waals surface area contributed by atoms with Crippen LogP contribution in [0.2, 0.25) is 0 Å². The summed E-state index contributed by atoms with van der Waals surface area (Å²) in [5.74, 6) is 0. The molecule has 1 aromatic carbocycles. The number of hydrogen-bond donors (Lipinski definition) is 2. The summed E-state index contributed by atoms with van der Waals surface area (Å²) >= 11 is 0. The molecule has 1 saturated carbocycles. The van der Waals surface area contributed by atoms with Gasteiger partial charge in [-0.3, -0.25) is 10.1 Å². The van der Waals surface area contributed by atoms with E-state index >= 15 is 0 Å². The number of nitrogens with one attached hydrogen (secondary N) is 2. The average molecular weight is 285 g/mol. The quantitative estimate of drug-likeness (QED) is 0.608. The predicted molar refractivity (Wildman–Crippen MR) is 70.6 cm³/mol. The number of anilines is 1. The molecule has 2 rings (SSSR count). The first kappa shape index (κ1) is 13.8. The molecule has 1 aliphatic carbocycles. The molecule has 0 aromatic heterocycles. The first-order valence-electron chi connectivity index (χ1n) is 5.98. The molecule has 1 aromatic rings. The molecule has 0 amide bonds. The minimum Gasteiger partial charge on any atom is -0.385 e. The number of nitro groups is 1. The van der Waals surface area contributed by atoms with Crippen LogP contribution in [0.5, 0.6) is 0 Å². The third kappa shape index (κ3) is 3.21. The molecule has 0 atom stereocenters. The van der Waals surface area contributed by atoms with E-state index in [4.69, 9.17) is 0 Å². The van der Waals surface area contributed by atoms with E-state index in [9.17, 15) is 18.5 Å². The maximum atomic E-state index is 12.0. The van der Waals surface area contributed by atoms with Crippen molar-refractivity contribution in [3.05, 3.63) is 28.3 Å². The molecule has 0 unspecified atom stereocenters. The molecule has 0 spiro atoms. The fourth-order valence-corrected chi connectivity index (χ4v) is 3.14. The van der Waals surface area contributed by atoms with Gasteiger partial charge in [-0.15, -0.1) is 0 Å². The maximum absolute atomic E-state index is 12.0. The molecule has 0 saturated heterocycles. The molecule has 0 heterocycles. The van der Waals surface area contributed by atoms with Crippen molar-refractivity contribution in [2.45, 2.75) is 30.7 Å². The number of nitro benzene ring substituents is 1. The van der Waals surface area contributed by atoms with Crippen LogP contribution in [0.3, 0.4) is 0 Å². The smallest absolute Gasteiger partial charge is 0.291 e. The Morgan fingerprint density at radius 2 is 2.11 bits per heavy atom. The van der Waals surface area contributed by atoms with E-state index in [1.165, 1.54) is 18.2 Å². The zero-order valence-corrected chi connectivity index (χ0v) is 11.2. The van der Waals surface area contributed by atoms with Gasteiger partial charge in [-0.25, -0.2) is 13.1 Å². The Bertz CT molecular complexity index is 596. The van der Waals surface area contributed by atoms with Crippen LogP contribution < -0.4 is 10.0 Å². The van der Waals surface area contributed by atoms with E-state index in [-0.39, 0.29) is 10.9 Å². The van der Waals surface area contributed by atoms with Gasteiger partial charge in [-0.1, -0.05) is 0 Å². The van der Waals surface area contributed by atoms with Gasteiger partial charge in [-0.05, 0) is 31.9 Å². The lowest BCUT2D eigenvalue weighted by atomic mass is 10.3. The van der Waals surface area contributed by atoms with Crippen molar-refractivity contribution in [2.24, 2.45) is 0 Å². The Kier molecular flexibility index (Phi) is 3.72. The minimum absolute atomic E-state index is 0.0851. The fourth-order valence-electron chi connectivity index (χ4n) is 1.69. The second kappa shape index (κ2) is 5.14. The van der Waals surface area contributed by atoms with Crippen LogP contribution in [-0.4, -0.2) is 25.9 Å². The van der Waals surface area contributed by atoms with Crippen LogP contribution in [0.25, 0.3) is 0 Å². The molecule has 0 radical (unpaired) electrons. The highest BCUT2D eigenvalue weighted by molar-refractivity contribution is 7.89. The van der Waals surface area contributed by atoms with Crippen LogP contribution >= 0.6 is 0 Å². The van der Waals surface area contributed by atoms with Gasteiger partial charge in [0.05, 0.1) is 4.92 Å². The van der Waals surface area contributed by atoms with Crippen LogP contribution in [0.4, 0.5) is 11.4 Å². The summed E-state index contributed by atoms with van der Waals surface area (Å²) in [5.41, 5.74) is 0.117. The maximum Gasteiger partial charge on any atom is 0.291 e. The summed E-state index contributed by atoms with van der Waals surface area (Å²) in [4.78, 5) is 10.0. The molecule has 7 nitrogen and oxygen atoms in total. The summed E-state index contributed by atoms with van der Waals surface area (Å²) in [6.45, 7) is 2.45. The van der Waals surface area contributed by atoms with E-state index in [1.807, 2.05) is 6.92 Å². The topological polar surface area (TPSA) is 101 Å². The second-order valence-electron chi connectivity index (χ2n) is 4.37. The highest BCUT2D eigenvalue weighted by Gasteiger charge is 2.32. The third-order valence-corrected chi connectivity index (χ3v) is 4.29. The van der Waals surface area contributed by atoms with Gasteiger partial charge in [0.15, 0.2) is 4.90 Å². The predicted octanol–water partition coefficient (Wildman–Crippen LogP) is 1.47. The van der Waals surface area contributed by atoms with E-state index in [1.54, 1.807) is 0 Å². The summed E-state index contributed by atoms with van der Waals surface area (Å²) in [6.07, 6.45) is 1.56. The van der Waals surface area contributed by atoms with E-state index in [2.05, 4.69) is 10.0 Å². The summed E-state index contributed by atoms with van der Waals surface area (Å²) in [7, 11) is -3.82. The highest BCUT2D eigenvalue weighted by atomic mass is 32.2. The highest BCUT2D eigenvalue weighted by Crippen LogP contribution is 2.29. The van der Waals surface area contributed by atoms with Crippen LogP contribution in [0.15, 0.2) is 23.1 Å². The zero-order valence-electron chi connectivity index (χ0n) is 10.4. The fraction of sp³-hybridized carbons (Fsp3) is 0.455. The molecule has 19 heavy (non-hydrogen) atoms. The van der Waals surface area contributed by atoms with Crippen LogP contribution in [0.1, 0.15) is 19.8 Å². The van der Waals surface area contributed by atoms with Gasteiger partial charge >= 0.3 is 0 Å². The number of rotatable bonds is 6. The normalized spacial score (nSPS) is 15.2. The van der Waals surface area contributed by atoms with Gasteiger partial charge < -0.3 is 5.32 Å². The van der Waals surface area contributed by atoms with Crippen molar-refractivity contribution >= 4 is 21.4 Å². The van der Waals surface area contributed by atoms with Crippen molar-refractivity contribution in [3.8, 4) is 0 Å². The summed E-state index contributed by atoms with van der Waals surface area (Å²) in [6, 6.07) is 3.95. The Morgan fingerprint density at radius 1 is 1.42 bits per heavy atom. The van der Waals surface area contributed by atoms with Gasteiger partial charge in [-0.2, -0.15) is 0 Å². The zero-order chi connectivity index (χ0) is 14.0. The van der Waals surface area contributed by atoms with Gasteiger partial charge in [0, 0.05) is 24.3 Å². The first-order valence-corrected chi connectivity index (χ1v) is 7.47. The SMILES string of the molecule is CCNc1ccc(S(=O)(=O)NC2CC2)c([N+](=O)[O-])c1. The number of nitrogens with zero attached hydrogens (tertiary/aromatic N) is 1. The molecule has 0 bridgehead atoms. The van der Waals surface area contributed by atoms with E-state index in [0.717, 1.165) is 12.8 Å². The third-order valence-electron chi connectivity index (χ3n) is 2.73. The lowest BCUT2D eigenvalue weighted by Crippen LogP contribution is -2.26. The molecule has 104 valence electrons. The average Bonchev–Trinajstić information content (AvgIpc) is 3.12. The minimum atomic E-state index is -3.82. The molecule has 2 N–H and O–H groups in total. The van der Waals surface area contributed by atoms with Gasteiger partial charge in [0.2, 0.25) is 10.0 Å². The standard InChI is InChI=1S/C11H15N3O4S/c1-2-12-9-5-6-11(10(7-9)14(15)16)19(17,18)13-8-3-4-8/h5-8,12-13H,2-4H2,1H3.